The van der Waals surface area contributed by atoms with Crippen molar-refractivity contribution < 1.29 is 14.3 Å². The molecular weight excluding hydrogens is 468 g/mol. The van der Waals surface area contributed by atoms with Crippen molar-refractivity contribution in [1.29, 1.82) is 0 Å². The van der Waals surface area contributed by atoms with E-state index in [9.17, 15) is 4.79 Å². The zero-order valence-corrected chi connectivity index (χ0v) is 21.6. The quantitative estimate of drug-likeness (QED) is 0.470. The molecule has 0 saturated carbocycles. The minimum Gasteiger partial charge on any atom is -0.447 e. The van der Waals surface area contributed by atoms with Gasteiger partial charge in [0.05, 0.1) is 23.4 Å². The maximum atomic E-state index is 12.6. The van der Waals surface area contributed by atoms with Crippen LogP contribution in [0.15, 0.2) is 42.7 Å². The monoisotopic (exact) mass is 498 g/mol. The number of halogens is 1. The first-order valence-corrected chi connectivity index (χ1v) is 11.9. The highest BCUT2D eigenvalue weighted by Gasteiger charge is 2.40. The molecule has 1 aromatic carbocycles. The van der Waals surface area contributed by atoms with Gasteiger partial charge in [-0.05, 0) is 71.9 Å². The summed E-state index contributed by atoms with van der Waals surface area (Å²) >= 11 is 6.02. The van der Waals surface area contributed by atoms with E-state index >= 15 is 0 Å². The second-order valence-corrected chi connectivity index (χ2v) is 10.0. The first-order valence-electron chi connectivity index (χ1n) is 11.6. The third-order valence-electron chi connectivity index (χ3n) is 5.67. The van der Waals surface area contributed by atoms with Crippen molar-refractivity contribution in [2.45, 2.75) is 65.3 Å². The molecule has 0 radical (unpaired) electrons. The van der Waals surface area contributed by atoms with Crippen molar-refractivity contribution in [2.24, 2.45) is 0 Å². The van der Waals surface area contributed by atoms with Gasteiger partial charge >= 0.3 is 6.09 Å². The number of aryl methyl sites for hydroxylation is 1. The molecule has 35 heavy (non-hydrogen) atoms. The summed E-state index contributed by atoms with van der Waals surface area (Å²) in [7, 11) is 0. The molecule has 1 aliphatic rings. The van der Waals surface area contributed by atoms with Crippen molar-refractivity contribution >= 4 is 29.5 Å². The van der Waals surface area contributed by atoms with Crippen LogP contribution in [0.25, 0.3) is 5.69 Å². The molecule has 0 unspecified atom stereocenters. The van der Waals surface area contributed by atoms with E-state index < -0.39 is 6.09 Å². The lowest BCUT2D eigenvalue weighted by molar-refractivity contribution is -0.0618. The van der Waals surface area contributed by atoms with Crippen molar-refractivity contribution in [2.75, 3.05) is 16.8 Å². The summed E-state index contributed by atoms with van der Waals surface area (Å²) in [4.78, 5) is 27.7. The fourth-order valence-corrected chi connectivity index (χ4v) is 4.19. The lowest BCUT2D eigenvalue weighted by Gasteiger charge is -2.31. The van der Waals surface area contributed by atoms with Crippen molar-refractivity contribution in [1.82, 2.24) is 19.5 Å². The van der Waals surface area contributed by atoms with Gasteiger partial charge in [0.1, 0.15) is 24.3 Å². The predicted molar refractivity (Wildman–Crippen MR) is 135 cm³/mol. The molecule has 1 amide bonds. The Labute approximate surface area is 210 Å². The van der Waals surface area contributed by atoms with E-state index in [4.69, 9.17) is 26.1 Å². The summed E-state index contributed by atoms with van der Waals surface area (Å²) in [5.41, 5.74) is 1.45. The Bertz CT molecular complexity index is 1190. The molecule has 186 valence electrons. The SMILES string of the molecule is Cc1nc([C@H](C)Nc2nccc(N3C(=O)OC[C@@H]3[C@@H](C)OC(C)(C)C)n2)cn1-c1ccc(Cl)cc1. The van der Waals surface area contributed by atoms with Crippen LogP contribution in [0.4, 0.5) is 16.6 Å². The summed E-state index contributed by atoms with van der Waals surface area (Å²) in [6.07, 6.45) is 2.90. The molecule has 1 saturated heterocycles. The van der Waals surface area contributed by atoms with Gasteiger partial charge in [-0.15, -0.1) is 0 Å². The Morgan fingerprint density at radius 1 is 1.17 bits per heavy atom. The molecule has 1 aliphatic heterocycles. The van der Waals surface area contributed by atoms with Crippen LogP contribution in [0.2, 0.25) is 5.02 Å². The van der Waals surface area contributed by atoms with Crippen LogP contribution in [-0.2, 0) is 9.47 Å². The van der Waals surface area contributed by atoms with E-state index in [1.807, 2.05) is 76.6 Å². The fraction of sp³-hybridized carbons (Fsp3) is 0.440. The summed E-state index contributed by atoms with van der Waals surface area (Å²) < 4.78 is 13.4. The smallest absolute Gasteiger partial charge is 0.416 e. The van der Waals surface area contributed by atoms with E-state index in [1.165, 1.54) is 4.90 Å². The molecule has 1 N–H and O–H groups in total. The number of benzene rings is 1. The summed E-state index contributed by atoms with van der Waals surface area (Å²) in [6.45, 7) is 12.0. The molecule has 2 aromatic heterocycles. The van der Waals surface area contributed by atoms with Gasteiger partial charge in [-0.2, -0.15) is 4.98 Å². The number of rotatable bonds is 7. The fourth-order valence-electron chi connectivity index (χ4n) is 4.07. The number of nitrogens with zero attached hydrogens (tertiary/aromatic N) is 5. The minimum absolute atomic E-state index is 0.179. The van der Waals surface area contributed by atoms with E-state index in [2.05, 4.69) is 15.3 Å². The van der Waals surface area contributed by atoms with Crippen molar-refractivity contribution in [3.05, 3.63) is 59.3 Å². The Kier molecular flexibility index (Phi) is 7.00. The van der Waals surface area contributed by atoms with E-state index in [-0.39, 0.29) is 30.4 Å². The lowest BCUT2D eigenvalue weighted by Crippen LogP contribution is -2.45. The lowest BCUT2D eigenvalue weighted by atomic mass is 10.1. The molecule has 1 fully saturated rings. The van der Waals surface area contributed by atoms with Gasteiger partial charge in [-0.3, -0.25) is 4.90 Å². The number of amides is 1. The molecule has 4 rings (SSSR count). The number of ether oxygens (including phenoxy) is 2. The van der Waals surface area contributed by atoms with Gasteiger partial charge in [0, 0.05) is 23.1 Å². The Morgan fingerprint density at radius 2 is 1.89 bits per heavy atom. The summed E-state index contributed by atoms with van der Waals surface area (Å²) in [5, 5.41) is 3.97. The van der Waals surface area contributed by atoms with Crippen LogP contribution in [-0.4, -0.2) is 50.0 Å². The Morgan fingerprint density at radius 3 is 2.57 bits per heavy atom. The number of anilines is 2. The maximum Gasteiger partial charge on any atom is 0.416 e. The average molecular weight is 499 g/mol. The number of cyclic esters (lactones) is 1. The molecule has 3 heterocycles. The number of aromatic nitrogens is 4. The van der Waals surface area contributed by atoms with E-state index in [1.54, 1.807) is 12.3 Å². The molecular formula is C25H31ClN6O3. The average Bonchev–Trinajstić information content (AvgIpc) is 3.36. The van der Waals surface area contributed by atoms with E-state index in [0.717, 1.165) is 17.2 Å². The third-order valence-corrected chi connectivity index (χ3v) is 5.92. The first kappa shape index (κ1) is 24.9. The highest BCUT2D eigenvalue weighted by molar-refractivity contribution is 6.30. The van der Waals surface area contributed by atoms with Crippen LogP contribution >= 0.6 is 11.6 Å². The van der Waals surface area contributed by atoms with Gasteiger partial charge < -0.3 is 19.4 Å². The van der Waals surface area contributed by atoms with Gasteiger partial charge in [-0.25, -0.2) is 14.8 Å². The van der Waals surface area contributed by atoms with Crippen LogP contribution in [0.1, 0.15) is 52.2 Å². The topological polar surface area (TPSA) is 94.4 Å². The predicted octanol–water partition coefficient (Wildman–Crippen LogP) is 5.33. The maximum absolute atomic E-state index is 12.6. The van der Waals surface area contributed by atoms with Gasteiger partial charge in [0.15, 0.2) is 0 Å². The Hall–Kier alpha value is -3.17. The number of nitrogens with one attached hydrogen (secondary N) is 1. The molecule has 0 spiro atoms. The normalized spacial score (nSPS) is 17.9. The number of hydrogen-bond acceptors (Lipinski definition) is 7. The molecule has 3 aromatic rings. The van der Waals surface area contributed by atoms with Crippen LogP contribution in [0, 0.1) is 6.92 Å². The largest absolute Gasteiger partial charge is 0.447 e. The summed E-state index contributed by atoms with van der Waals surface area (Å²) in [6, 6.07) is 8.81. The van der Waals surface area contributed by atoms with Gasteiger partial charge in [-0.1, -0.05) is 11.6 Å². The highest BCUT2D eigenvalue weighted by Crippen LogP contribution is 2.27. The summed E-state index contributed by atoms with van der Waals surface area (Å²) in [5.74, 6) is 1.69. The first-order chi connectivity index (χ1) is 16.5. The number of imidazole rings is 1. The van der Waals surface area contributed by atoms with E-state index in [0.29, 0.717) is 16.8 Å². The minimum atomic E-state index is -0.450. The van der Waals surface area contributed by atoms with Crippen LogP contribution in [0.5, 0.6) is 0 Å². The number of carbonyl (C=O) groups is 1. The zero-order valence-electron chi connectivity index (χ0n) is 20.8. The molecule has 0 bridgehead atoms. The third kappa shape index (κ3) is 5.74. The van der Waals surface area contributed by atoms with Crippen molar-refractivity contribution in [3.8, 4) is 5.69 Å². The van der Waals surface area contributed by atoms with Gasteiger partial charge in [0.2, 0.25) is 5.95 Å². The molecule has 3 atom stereocenters. The molecule has 10 heteroatoms. The van der Waals surface area contributed by atoms with Gasteiger partial charge in [0.25, 0.3) is 0 Å². The molecule has 9 nitrogen and oxygen atoms in total. The van der Waals surface area contributed by atoms with Crippen LogP contribution < -0.4 is 10.2 Å². The highest BCUT2D eigenvalue weighted by atomic mass is 35.5. The number of hydrogen-bond donors (Lipinski definition) is 1. The second kappa shape index (κ2) is 9.83. The van der Waals surface area contributed by atoms with Crippen LogP contribution in [0.3, 0.4) is 0 Å². The Balaban J connectivity index is 1.52. The standard InChI is InChI=1S/C25H31ClN6O3/c1-15(20-13-31(17(3)29-20)19-9-7-18(26)8-10-19)28-23-27-12-11-22(30-23)32-21(14-34-24(32)33)16(2)35-25(4,5)6/h7-13,15-16,21H,14H2,1-6H3,(H,27,28,30)/t15-,16+,21+/m0/s1. The van der Waals surface area contributed by atoms with Crippen molar-refractivity contribution in [3.63, 3.8) is 0 Å². The second-order valence-electron chi connectivity index (χ2n) is 9.61. The molecule has 0 aliphatic carbocycles. The number of carbonyl (C=O) groups excluding carboxylic acids is 1. The zero-order chi connectivity index (χ0) is 25.3.